The van der Waals surface area contributed by atoms with Crippen molar-refractivity contribution in [1.82, 2.24) is 4.90 Å². The number of ether oxygens (including phenoxy) is 1. The number of carbonyl (C=O) groups is 1. The van der Waals surface area contributed by atoms with Crippen molar-refractivity contribution in [3.8, 4) is 5.75 Å². The molecule has 1 aromatic carbocycles. The van der Waals surface area contributed by atoms with Crippen molar-refractivity contribution < 1.29 is 9.53 Å². The van der Waals surface area contributed by atoms with E-state index >= 15 is 0 Å². The summed E-state index contributed by atoms with van der Waals surface area (Å²) >= 11 is 0. The minimum atomic E-state index is 0.0531. The lowest BCUT2D eigenvalue weighted by molar-refractivity contribution is 0.0573. The van der Waals surface area contributed by atoms with E-state index in [2.05, 4.69) is 13.8 Å². The zero-order chi connectivity index (χ0) is 14.7. The Bertz CT molecular complexity index is 487. The topological polar surface area (TPSA) is 55.6 Å². The first-order valence-corrected chi connectivity index (χ1v) is 7.35. The van der Waals surface area contributed by atoms with Crippen LogP contribution in [0.2, 0.25) is 0 Å². The molecule has 0 bridgehead atoms. The first-order valence-electron chi connectivity index (χ1n) is 7.35. The Balaban J connectivity index is 2.23. The Morgan fingerprint density at radius 1 is 1.35 bits per heavy atom. The van der Waals surface area contributed by atoms with Gasteiger partial charge < -0.3 is 15.4 Å². The molecule has 1 amide bonds. The quantitative estimate of drug-likeness (QED) is 0.864. The first-order chi connectivity index (χ1) is 9.51. The molecule has 2 N–H and O–H groups in total. The molecule has 1 aromatic rings. The maximum absolute atomic E-state index is 12.7. The molecule has 0 aromatic heterocycles. The monoisotopic (exact) mass is 276 g/mol. The van der Waals surface area contributed by atoms with Gasteiger partial charge in [-0.1, -0.05) is 6.92 Å². The zero-order valence-electron chi connectivity index (χ0n) is 12.6. The van der Waals surface area contributed by atoms with Crippen LogP contribution >= 0.6 is 0 Å². The van der Waals surface area contributed by atoms with Crippen molar-refractivity contribution in [2.45, 2.75) is 39.7 Å². The second kappa shape index (κ2) is 6.16. The van der Waals surface area contributed by atoms with E-state index < -0.39 is 0 Å². The van der Waals surface area contributed by atoms with Crippen LogP contribution in [0.25, 0.3) is 0 Å². The molecular weight excluding hydrogens is 252 g/mol. The minimum absolute atomic E-state index is 0.0531. The maximum Gasteiger partial charge on any atom is 0.254 e. The smallest absolute Gasteiger partial charge is 0.254 e. The highest BCUT2D eigenvalue weighted by molar-refractivity contribution is 5.95. The van der Waals surface area contributed by atoms with E-state index in [4.69, 9.17) is 10.5 Å². The van der Waals surface area contributed by atoms with Gasteiger partial charge in [0.15, 0.2) is 0 Å². The molecule has 4 nitrogen and oxygen atoms in total. The normalized spacial score (nSPS) is 22.6. The van der Waals surface area contributed by atoms with Gasteiger partial charge in [-0.05, 0) is 44.7 Å². The summed E-state index contributed by atoms with van der Waals surface area (Å²) in [6.07, 6.45) is 2.25. The third kappa shape index (κ3) is 3.24. The average molecular weight is 276 g/mol. The van der Waals surface area contributed by atoms with Gasteiger partial charge in [-0.25, -0.2) is 0 Å². The number of nitrogens with two attached hydrogens (primary N) is 1. The molecule has 0 saturated carbocycles. The van der Waals surface area contributed by atoms with E-state index in [9.17, 15) is 4.79 Å². The van der Waals surface area contributed by atoms with Gasteiger partial charge in [-0.3, -0.25) is 4.79 Å². The van der Waals surface area contributed by atoms with Gasteiger partial charge in [0.2, 0.25) is 0 Å². The highest BCUT2D eigenvalue weighted by Crippen LogP contribution is 2.25. The third-order valence-electron chi connectivity index (χ3n) is 3.87. The van der Waals surface area contributed by atoms with Gasteiger partial charge in [0.25, 0.3) is 5.91 Å². The Morgan fingerprint density at radius 3 is 2.80 bits per heavy atom. The molecule has 2 atom stereocenters. The number of anilines is 1. The highest BCUT2D eigenvalue weighted by atomic mass is 16.5. The average Bonchev–Trinajstić information content (AvgIpc) is 2.40. The summed E-state index contributed by atoms with van der Waals surface area (Å²) in [6, 6.07) is 5.56. The van der Waals surface area contributed by atoms with E-state index in [0.717, 1.165) is 13.0 Å². The molecule has 1 aliphatic heterocycles. The van der Waals surface area contributed by atoms with Crippen molar-refractivity contribution in [2.24, 2.45) is 5.92 Å². The van der Waals surface area contributed by atoms with Crippen LogP contribution in [0.5, 0.6) is 5.75 Å². The summed E-state index contributed by atoms with van der Waals surface area (Å²) in [5, 5.41) is 0. The molecule has 4 heteroatoms. The van der Waals surface area contributed by atoms with Gasteiger partial charge >= 0.3 is 0 Å². The number of hydrogen-bond acceptors (Lipinski definition) is 3. The minimum Gasteiger partial charge on any atom is -0.494 e. The summed E-state index contributed by atoms with van der Waals surface area (Å²) in [4.78, 5) is 14.6. The molecule has 0 aliphatic carbocycles. The number of likely N-dealkylation sites (tertiary alicyclic amines) is 1. The van der Waals surface area contributed by atoms with Crippen molar-refractivity contribution in [2.75, 3.05) is 18.9 Å². The number of piperidine rings is 1. The molecule has 2 rings (SSSR count). The van der Waals surface area contributed by atoms with Crippen LogP contribution in [0.1, 0.15) is 44.0 Å². The fourth-order valence-electron chi connectivity index (χ4n) is 2.73. The number of carbonyl (C=O) groups excluding carboxylic acids is 1. The Hall–Kier alpha value is -1.71. The van der Waals surface area contributed by atoms with Crippen molar-refractivity contribution in [1.29, 1.82) is 0 Å². The van der Waals surface area contributed by atoms with Crippen molar-refractivity contribution in [3.05, 3.63) is 23.8 Å². The Kier molecular flexibility index (Phi) is 4.53. The van der Waals surface area contributed by atoms with Gasteiger partial charge in [0, 0.05) is 29.9 Å². The fourth-order valence-corrected chi connectivity index (χ4v) is 2.73. The summed E-state index contributed by atoms with van der Waals surface area (Å²) in [5.74, 6) is 1.27. The summed E-state index contributed by atoms with van der Waals surface area (Å²) in [7, 11) is 0. The molecule has 20 heavy (non-hydrogen) atoms. The van der Waals surface area contributed by atoms with Gasteiger partial charge in [-0.2, -0.15) is 0 Å². The molecule has 0 radical (unpaired) electrons. The summed E-state index contributed by atoms with van der Waals surface area (Å²) < 4.78 is 5.46. The van der Waals surface area contributed by atoms with Gasteiger partial charge in [-0.15, -0.1) is 0 Å². The fraction of sp³-hybridized carbons (Fsp3) is 0.562. The van der Waals surface area contributed by atoms with E-state index in [1.54, 1.807) is 18.2 Å². The van der Waals surface area contributed by atoms with E-state index in [1.807, 2.05) is 11.8 Å². The van der Waals surface area contributed by atoms with E-state index in [0.29, 0.717) is 29.5 Å². The highest BCUT2D eigenvalue weighted by Gasteiger charge is 2.27. The predicted octanol–water partition coefficient (Wildman–Crippen LogP) is 2.93. The molecule has 110 valence electrons. The lowest BCUT2D eigenvalue weighted by atomic mass is 9.94. The Labute approximate surface area is 120 Å². The van der Waals surface area contributed by atoms with Crippen LogP contribution in [-0.4, -0.2) is 30.0 Å². The lowest BCUT2D eigenvalue weighted by Crippen LogP contribution is -2.44. The molecule has 0 spiro atoms. The summed E-state index contributed by atoms with van der Waals surface area (Å²) in [5.41, 5.74) is 7.05. The molecule has 1 aliphatic rings. The number of benzene rings is 1. The van der Waals surface area contributed by atoms with Crippen LogP contribution in [-0.2, 0) is 0 Å². The second-order valence-corrected chi connectivity index (χ2v) is 5.71. The molecule has 1 fully saturated rings. The van der Waals surface area contributed by atoms with E-state index in [-0.39, 0.29) is 11.9 Å². The van der Waals surface area contributed by atoms with Crippen LogP contribution < -0.4 is 10.5 Å². The first kappa shape index (κ1) is 14.7. The largest absolute Gasteiger partial charge is 0.494 e. The van der Waals surface area contributed by atoms with Crippen LogP contribution in [0.4, 0.5) is 5.69 Å². The van der Waals surface area contributed by atoms with Crippen LogP contribution in [0.3, 0.4) is 0 Å². The Morgan fingerprint density at radius 2 is 2.10 bits per heavy atom. The molecule has 1 heterocycles. The van der Waals surface area contributed by atoms with Gasteiger partial charge in [0.05, 0.1) is 6.61 Å². The SMILES string of the molecule is CCOc1cc(N)cc(C(=O)N2CC(C)CCC2C)c1. The summed E-state index contributed by atoms with van der Waals surface area (Å²) in [6.45, 7) is 7.60. The number of nitrogens with zero attached hydrogens (tertiary/aromatic N) is 1. The van der Waals surface area contributed by atoms with Crippen molar-refractivity contribution >= 4 is 11.6 Å². The van der Waals surface area contributed by atoms with Crippen LogP contribution in [0, 0.1) is 5.92 Å². The lowest BCUT2D eigenvalue weighted by Gasteiger charge is -2.37. The van der Waals surface area contributed by atoms with Crippen molar-refractivity contribution in [3.63, 3.8) is 0 Å². The number of nitrogen functional groups attached to an aromatic ring is 1. The standard InChI is InChI=1S/C16H24N2O2/c1-4-20-15-8-13(7-14(17)9-15)16(19)18-10-11(2)5-6-12(18)3/h7-9,11-12H,4-6,10,17H2,1-3H3. The zero-order valence-corrected chi connectivity index (χ0v) is 12.6. The molecular formula is C16H24N2O2. The van der Waals surface area contributed by atoms with E-state index in [1.165, 1.54) is 6.42 Å². The second-order valence-electron chi connectivity index (χ2n) is 5.71. The van der Waals surface area contributed by atoms with Crippen LogP contribution in [0.15, 0.2) is 18.2 Å². The number of amides is 1. The third-order valence-corrected chi connectivity index (χ3v) is 3.87. The maximum atomic E-state index is 12.7. The molecule has 1 saturated heterocycles. The molecule has 2 unspecified atom stereocenters. The predicted molar refractivity (Wildman–Crippen MR) is 80.9 cm³/mol. The van der Waals surface area contributed by atoms with Gasteiger partial charge in [0.1, 0.15) is 5.75 Å². The number of hydrogen-bond donors (Lipinski definition) is 1. The number of rotatable bonds is 3.